The quantitative estimate of drug-likeness (QED) is 0.336. The number of ether oxygens (including phenoxy) is 1. The van der Waals surface area contributed by atoms with E-state index in [-0.39, 0.29) is 30.4 Å². The van der Waals surface area contributed by atoms with Crippen LogP contribution in [0.3, 0.4) is 0 Å². The van der Waals surface area contributed by atoms with Gasteiger partial charge in [-0.15, -0.1) is 23.1 Å². The fraction of sp³-hybridized carbons (Fsp3) is 0.333. The molecule has 4 rings (SSSR count). The van der Waals surface area contributed by atoms with Crippen molar-refractivity contribution in [3.63, 3.8) is 0 Å². The standard InChI is InChI=1S/C27H30FN3O3S2/c1-35-24-12-10-22(11-13-24)29-27(33)31(17-23-4-2-14-34-23)19-26(32)30(18-25-5-3-15-36-25)16-20-6-8-21(28)9-7-20/h3,5-13,15,23H,2,4,14,16-19H2,1H3,(H,29,33). The summed E-state index contributed by atoms with van der Waals surface area (Å²) < 4.78 is 19.2. The predicted octanol–water partition coefficient (Wildman–Crippen LogP) is 5.85. The summed E-state index contributed by atoms with van der Waals surface area (Å²) in [5, 5.41) is 4.89. The van der Waals surface area contributed by atoms with Gasteiger partial charge in [-0.2, -0.15) is 0 Å². The lowest BCUT2D eigenvalue weighted by Gasteiger charge is -2.29. The number of anilines is 1. The monoisotopic (exact) mass is 527 g/mol. The van der Waals surface area contributed by atoms with Gasteiger partial charge in [0, 0.05) is 35.2 Å². The van der Waals surface area contributed by atoms with Gasteiger partial charge >= 0.3 is 6.03 Å². The van der Waals surface area contributed by atoms with Crippen LogP contribution in [-0.4, -0.2) is 53.8 Å². The summed E-state index contributed by atoms with van der Waals surface area (Å²) >= 11 is 3.20. The first kappa shape index (κ1) is 26.2. The zero-order valence-corrected chi connectivity index (χ0v) is 21.8. The van der Waals surface area contributed by atoms with Crippen LogP contribution in [0.1, 0.15) is 23.3 Å². The summed E-state index contributed by atoms with van der Waals surface area (Å²) in [5.74, 6) is -0.501. The van der Waals surface area contributed by atoms with Crippen molar-refractivity contribution in [3.05, 3.63) is 82.3 Å². The van der Waals surface area contributed by atoms with Gasteiger partial charge in [-0.1, -0.05) is 18.2 Å². The van der Waals surface area contributed by atoms with E-state index < -0.39 is 0 Å². The third-order valence-electron chi connectivity index (χ3n) is 5.97. The first-order valence-electron chi connectivity index (χ1n) is 11.9. The second-order valence-corrected chi connectivity index (χ2v) is 10.5. The summed E-state index contributed by atoms with van der Waals surface area (Å²) in [6, 6.07) is 17.3. The molecular weight excluding hydrogens is 497 g/mol. The predicted molar refractivity (Wildman–Crippen MR) is 143 cm³/mol. The first-order valence-corrected chi connectivity index (χ1v) is 14.0. The number of carbonyl (C=O) groups excluding carboxylic acids is 2. The van der Waals surface area contributed by atoms with Crippen molar-refractivity contribution >= 4 is 40.7 Å². The van der Waals surface area contributed by atoms with Crippen LogP contribution >= 0.6 is 23.1 Å². The van der Waals surface area contributed by atoms with E-state index in [9.17, 15) is 14.0 Å². The van der Waals surface area contributed by atoms with Gasteiger partial charge in [0.2, 0.25) is 5.91 Å². The molecule has 0 saturated carbocycles. The van der Waals surface area contributed by atoms with Gasteiger partial charge in [0.25, 0.3) is 0 Å². The second kappa shape index (κ2) is 12.9. The molecule has 1 aliphatic rings. The molecule has 2 heterocycles. The van der Waals surface area contributed by atoms with Crippen LogP contribution in [-0.2, 0) is 22.6 Å². The highest BCUT2D eigenvalue weighted by Crippen LogP contribution is 2.20. The molecule has 1 N–H and O–H groups in total. The molecule has 6 nitrogen and oxygen atoms in total. The van der Waals surface area contributed by atoms with E-state index in [4.69, 9.17) is 4.74 Å². The molecule has 0 spiro atoms. The molecule has 1 aromatic heterocycles. The number of nitrogens with one attached hydrogen (secondary N) is 1. The Morgan fingerprint density at radius 2 is 1.86 bits per heavy atom. The lowest BCUT2D eigenvalue weighted by molar-refractivity contribution is -0.133. The largest absolute Gasteiger partial charge is 0.376 e. The minimum atomic E-state index is -0.339. The van der Waals surface area contributed by atoms with E-state index in [0.29, 0.717) is 31.9 Å². The van der Waals surface area contributed by atoms with Crippen molar-refractivity contribution in [1.82, 2.24) is 9.80 Å². The Balaban J connectivity index is 1.49. The molecule has 190 valence electrons. The number of hydrogen-bond acceptors (Lipinski definition) is 5. The van der Waals surface area contributed by atoms with Gasteiger partial charge in [-0.25, -0.2) is 9.18 Å². The number of rotatable bonds is 10. The van der Waals surface area contributed by atoms with Gasteiger partial charge in [0.1, 0.15) is 12.4 Å². The van der Waals surface area contributed by atoms with Gasteiger partial charge in [-0.3, -0.25) is 4.79 Å². The average Bonchev–Trinajstić information content (AvgIpc) is 3.59. The van der Waals surface area contributed by atoms with Crippen LogP contribution in [0, 0.1) is 5.82 Å². The number of thioether (sulfide) groups is 1. The lowest BCUT2D eigenvalue weighted by atomic mass is 10.2. The number of benzene rings is 2. The molecule has 1 aliphatic heterocycles. The van der Waals surface area contributed by atoms with Crippen molar-refractivity contribution in [2.75, 3.05) is 31.3 Å². The van der Waals surface area contributed by atoms with Crippen molar-refractivity contribution in [2.45, 2.75) is 36.9 Å². The van der Waals surface area contributed by atoms with Crippen LogP contribution in [0.2, 0.25) is 0 Å². The number of halogens is 1. The maximum atomic E-state index is 13.6. The Morgan fingerprint density at radius 1 is 1.08 bits per heavy atom. The smallest absolute Gasteiger partial charge is 0.322 e. The third kappa shape index (κ3) is 7.56. The molecule has 0 aliphatic carbocycles. The zero-order chi connectivity index (χ0) is 25.3. The maximum absolute atomic E-state index is 13.6. The Bertz CT molecular complexity index is 1120. The lowest BCUT2D eigenvalue weighted by Crippen LogP contribution is -2.46. The minimum Gasteiger partial charge on any atom is -0.376 e. The van der Waals surface area contributed by atoms with Crippen molar-refractivity contribution in [1.29, 1.82) is 0 Å². The van der Waals surface area contributed by atoms with Crippen molar-refractivity contribution in [2.24, 2.45) is 0 Å². The van der Waals surface area contributed by atoms with Gasteiger partial charge in [0.05, 0.1) is 12.6 Å². The van der Waals surface area contributed by atoms with E-state index in [1.807, 2.05) is 48.0 Å². The molecule has 2 aromatic carbocycles. The Labute approximate surface area is 219 Å². The molecule has 0 radical (unpaired) electrons. The maximum Gasteiger partial charge on any atom is 0.322 e. The topological polar surface area (TPSA) is 61.9 Å². The molecule has 1 fully saturated rings. The van der Waals surface area contributed by atoms with E-state index in [0.717, 1.165) is 28.2 Å². The van der Waals surface area contributed by atoms with Gasteiger partial charge in [-0.05, 0) is 72.5 Å². The highest BCUT2D eigenvalue weighted by molar-refractivity contribution is 7.98. The Hall–Kier alpha value is -2.88. The summed E-state index contributed by atoms with van der Waals surface area (Å²) in [7, 11) is 0. The van der Waals surface area contributed by atoms with Gasteiger partial charge in [0.15, 0.2) is 0 Å². The fourth-order valence-electron chi connectivity index (χ4n) is 4.03. The number of urea groups is 1. The molecular formula is C27H30FN3O3S2. The van der Waals surface area contributed by atoms with Crippen molar-refractivity contribution < 1.29 is 18.7 Å². The van der Waals surface area contributed by atoms with Crippen LogP contribution < -0.4 is 5.32 Å². The minimum absolute atomic E-state index is 0.0822. The van der Waals surface area contributed by atoms with E-state index in [1.165, 1.54) is 17.0 Å². The summed E-state index contributed by atoms with van der Waals surface area (Å²) in [4.78, 5) is 32.2. The molecule has 1 saturated heterocycles. The third-order valence-corrected chi connectivity index (χ3v) is 7.57. The fourth-order valence-corrected chi connectivity index (χ4v) is 5.15. The average molecular weight is 528 g/mol. The number of carbonyl (C=O) groups is 2. The molecule has 36 heavy (non-hydrogen) atoms. The van der Waals surface area contributed by atoms with Gasteiger partial charge < -0.3 is 19.9 Å². The number of amides is 3. The highest BCUT2D eigenvalue weighted by Gasteiger charge is 2.27. The summed E-state index contributed by atoms with van der Waals surface area (Å²) in [5.41, 5.74) is 1.50. The molecule has 3 aromatic rings. The SMILES string of the molecule is CSc1ccc(NC(=O)N(CC(=O)N(Cc2ccc(F)cc2)Cc2cccs2)CC2CCCO2)cc1. The van der Waals surface area contributed by atoms with Crippen LogP contribution in [0.5, 0.6) is 0 Å². The van der Waals surface area contributed by atoms with Crippen LogP contribution in [0.4, 0.5) is 14.9 Å². The van der Waals surface area contributed by atoms with E-state index >= 15 is 0 Å². The number of nitrogens with zero attached hydrogens (tertiary/aromatic N) is 2. The van der Waals surface area contributed by atoms with Crippen molar-refractivity contribution in [3.8, 4) is 0 Å². The second-order valence-electron chi connectivity index (χ2n) is 8.63. The summed E-state index contributed by atoms with van der Waals surface area (Å²) in [6.45, 7) is 1.66. The molecule has 1 unspecified atom stereocenters. The molecule has 0 bridgehead atoms. The number of thiophene rings is 1. The van der Waals surface area contributed by atoms with E-state index in [2.05, 4.69) is 5.32 Å². The first-order chi connectivity index (χ1) is 17.5. The highest BCUT2D eigenvalue weighted by atomic mass is 32.2. The molecule has 1 atom stereocenters. The molecule has 3 amide bonds. The normalized spacial score (nSPS) is 15.0. The Morgan fingerprint density at radius 3 is 2.50 bits per heavy atom. The Kier molecular flexibility index (Phi) is 9.38. The molecule has 9 heteroatoms. The van der Waals surface area contributed by atoms with Crippen LogP contribution in [0.15, 0.2) is 70.9 Å². The summed E-state index contributed by atoms with van der Waals surface area (Å²) in [6.07, 6.45) is 3.70. The zero-order valence-electron chi connectivity index (χ0n) is 20.2. The number of hydrogen-bond donors (Lipinski definition) is 1. The van der Waals surface area contributed by atoms with Crippen LogP contribution in [0.25, 0.3) is 0 Å². The van der Waals surface area contributed by atoms with E-state index in [1.54, 1.807) is 40.1 Å².